The first-order valence-electron chi connectivity index (χ1n) is 6.92. The van der Waals surface area contributed by atoms with Crippen LogP contribution in [0.2, 0.25) is 0 Å². The molecule has 0 radical (unpaired) electrons. The first-order chi connectivity index (χ1) is 9.15. The quantitative estimate of drug-likeness (QED) is 0.685. The summed E-state index contributed by atoms with van der Waals surface area (Å²) in [6, 6.07) is 0.370. The third-order valence-corrected chi connectivity index (χ3v) is 5.38. The van der Waals surface area contributed by atoms with E-state index in [2.05, 4.69) is 15.5 Å². The number of nitrogens with zero attached hydrogens (tertiary/aromatic N) is 2. The second-order valence-corrected chi connectivity index (χ2v) is 7.81. The Balaban J connectivity index is 1.81. The Morgan fingerprint density at radius 2 is 2.00 bits per heavy atom. The van der Waals surface area contributed by atoms with E-state index in [0.717, 1.165) is 22.2 Å². The Labute approximate surface area is 122 Å². The van der Waals surface area contributed by atoms with Crippen LogP contribution in [0.3, 0.4) is 0 Å². The van der Waals surface area contributed by atoms with E-state index in [4.69, 9.17) is 0 Å². The van der Waals surface area contributed by atoms with E-state index in [1.165, 1.54) is 37.4 Å². The average molecular weight is 299 g/mol. The van der Waals surface area contributed by atoms with Gasteiger partial charge >= 0.3 is 0 Å². The van der Waals surface area contributed by atoms with Crippen molar-refractivity contribution in [3.05, 3.63) is 5.01 Å². The maximum atomic E-state index is 12.2. The number of hydrogen-bond acceptors (Lipinski definition) is 5. The molecule has 1 amide bonds. The number of hydrogen-bond donors (Lipinski definition) is 1. The molecule has 1 aliphatic carbocycles. The summed E-state index contributed by atoms with van der Waals surface area (Å²) in [6.07, 6.45) is 7.34. The van der Waals surface area contributed by atoms with E-state index < -0.39 is 0 Å². The molecule has 0 spiro atoms. The summed E-state index contributed by atoms with van der Waals surface area (Å²) in [7, 11) is 0. The maximum absolute atomic E-state index is 12.2. The topological polar surface area (TPSA) is 54.9 Å². The minimum atomic E-state index is -0.101. The molecule has 6 heteroatoms. The van der Waals surface area contributed by atoms with Crippen LogP contribution in [0.1, 0.15) is 50.5 Å². The maximum Gasteiger partial charge on any atom is 0.233 e. The zero-order chi connectivity index (χ0) is 13.7. The second kappa shape index (κ2) is 7.24. The van der Waals surface area contributed by atoms with Crippen molar-refractivity contribution in [2.24, 2.45) is 0 Å². The summed E-state index contributed by atoms with van der Waals surface area (Å²) in [5.41, 5.74) is 0. The van der Waals surface area contributed by atoms with Gasteiger partial charge in [0.05, 0.1) is 5.25 Å². The molecule has 0 saturated heterocycles. The van der Waals surface area contributed by atoms with Gasteiger partial charge in [0.15, 0.2) is 4.34 Å². The molecule has 1 heterocycles. The highest BCUT2D eigenvalue weighted by atomic mass is 32.2. The van der Waals surface area contributed by atoms with Crippen LogP contribution in [0.5, 0.6) is 0 Å². The number of rotatable bonds is 4. The summed E-state index contributed by atoms with van der Waals surface area (Å²) < 4.78 is 0.876. The molecule has 19 heavy (non-hydrogen) atoms. The van der Waals surface area contributed by atoms with Gasteiger partial charge in [-0.15, -0.1) is 10.2 Å². The summed E-state index contributed by atoms with van der Waals surface area (Å²) in [4.78, 5) is 12.2. The second-order valence-electron chi connectivity index (χ2n) is 5.04. The van der Waals surface area contributed by atoms with Gasteiger partial charge in [-0.05, 0) is 26.7 Å². The zero-order valence-electron chi connectivity index (χ0n) is 11.5. The lowest BCUT2D eigenvalue weighted by Crippen LogP contribution is -2.39. The SMILES string of the molecule is Cc1nnc(S[C@@H](C)C(=O)NC2CCCCCC2)s1. The number of aromatic nitrogens is 2. The third kappa shape index (κ3) is 4.76. The van der Waals surface area contributed by atoms with Crippen molar-refractivity contribution in [1.29, 1.82) is 0 Å². The number of nitrogens with one attached hydrogen (secondary N) is 1. The lowest BCUT2D eigenvalue weighted by molar-refractivity contribution is -0.121. The molecular weight excluding hydrogens is 278 g/mol. The van der Waals surface area contributed by atoms with Gasteiger partial charge in [-0.1, -0.05) is 48.8 Å². The van der Waals surface area contributed by atoms with Crippen molar-refractivity contribution in [2.75, 3.05) is 0 Å². The first-order valence-corrected chi connectivity index (χ1v) is 8.62. The molecule has 1 aromatic rings. The van der Waals surface area contributed by atoms with Crippen LogP contribution in [0, 0.1) is 6.92 Å². The van der Waals surface area contributed by atoms with Crippen LogP contribution in [-0.2, 0) is 4.79 Å². The minimum absolute atomic E-state index is 0.101. The molecule has 1 fully saturated rings. The Morgan fingerprint density at radius 3 is 2.58 bits per heavy atom. The van der Waals surface area contributed by atoms with E-state index in [1.807, 2.05) is 13.8 Å². The van der Waals surface area contributed by atoms with Crippen molar-refractivity contribution in [3.8, 4) is 0 Å². The highest BCUT2D eigenvalue weighted by molar-refractivity contribution is 8.02. The molecule has 106 valence electrons. The van der Waals surface area contributed by atoms with Crippen molar-refractivity contribution in [1.82, 2.24) is 15.5 Å². The van der Waals surface area contributed by atoms with Gasteiger partial charge < -0.3 is 5.32 Å². The lowest BCUT2D eigenvalue weighted by Gasteiger charge is -2.18. The average Bonchev–Trinajstić information content (AvgIpc) is 2.64. The zero-order valence-corrected chi connectivity index (χ0v) is 13.1. The van der Waals surface area contributed by atoms with Gasteiger partial charge in [0.25, 0.3) is 0 Å². The molecule has 2 rings (SSSR count). The number of amides is 1. The molecule has 1 atom stereocenters. The number of aryl methyl sites for hydroxylation is 1. The van der Waals surface area contributed by atoms with Crippen molar-refractivity contribution in [2.45, 2.75) is 68.0 Å². The Bertz CT molecular complexity index is 414. The van der Waals surface area contributed by atoms with Crippen molar-refractivity contribution in [3.63, 3.8) is 0 Å². The molecule has 4 nitrogen and oxygen atoms in total. The van der Waals surface area contributed by atoms with Crippen molar-refractivity contribution < 1.29 is 4.79 Å². The summed E-state index contributed by atoms with van der Waals surface area (Å²) >= 11 is 3.04. The van der Waals surface area contributed by atoms with E-state index >= 15 is 0 Å². The van der Waals surface area contributed by atoms with E-state index in [0.29, 0.717) is 6.04 Å². The Morgan fingerprint density at radius 1 is 1.32 bits per heavy atom. The van der Waals surface area contributed by atoms with Crippen LogP contribution < -0.4 is 5.32 Å². The molecule has 1 saturated carbocycles. The predicted molar refractivity (Wildman–Crippen MR) is 79.6 cm³/mol. The minimum Gasteiger partial charge on any atom is -0.352 e. The highest BCUT2D eigenvalue weighted by Gasteiger charge is 2.20. The number of thioether (sulfide) groups is 1. The smallest absolute Gasteiger partial charge is 0.233 e. The molecule has 1 aromatic heterocycles. The Hall–Kier alpha value is -0.620. The lowest BCUT2D eigenvalue weighted by atomic mass is 10.1. The monoisotopic (exact) mass is 299 g/mol. The molecule has 0 aromatic carbocycles. The van der Waals surface area contributed by atoms with Crippen LogP contribution in [-0.4, -0.2) is 27.4 Å². The van der Waals surface area contributed by atoms with Crippen LogP contribution >= 0.6 is 23.1 Å². The number of carbonyl (C=O) groups is 1. The normalized spacial score (nSPS) is 18.8. The van der Waals surface area contributed by atoms with Gasteiger partial charge in [0.1, 0.15) is 5.01 Å². The van der Waals surface area contributed by atoms with Gasteiger partial charge in [-0.25, -0.2) is 0 Å². The van der Waals surface area contributed by atoms with Gasteiger partial charge in [-0.3, -0.25) is 4.79 Å². The predicted octanol–water partition coefficient (Wildman–Crippen LogP) is 3.17. The third-order valence-electron chi connectivity index (χ3n) is 3.36. The van der Waals surface area contributed by atoms with E-state index in [-0.39, 0.29) is 11.2 Å². The van der Waals surface area contributed by atoms with Crippen molar-refractivity contribution >= 4 is 29.0 Å². The fourth-order valence-electron chi connectivity index (χ4n) is 2.27. The highest BCUT2D eigenvalue weighted by Crippen LogP contribution is 2.26. The van der Waals surface area contributed by atoms with Gasteiger partial charge in [0, 0.05) is 6.04 Å². The molecule has 0 unspecified atom stereocenters. The van der Waals surface area contributed by atoms with E-state index in [9.17, 15) is 4.79 Å². The summed E-state index contributed by atoms with van der Waals surface area (Å²) in [5.74, 6) is 0.129. The van der Waals surface area contributed by atoms with Gasteiger partial charge in [-0.2, -0.15) is 0 Å². The molecule has 0 bridgehead atoms. The van der Waals surface area contributed by atoms with Crippen LogP contribution in [0.25, 0.3) is 0 Å². The van der Waals surface area contributed by atoms with Crippen LogP contribution in [0.4, 0.5) is 0 Å². The fraction of sp³-hybridized carbons (Fsp3) is 0.769. The largest absolute Gasteiger partial charge is 0.352 e. The van der Waals surface area contributed by atoms with Crippen LogP contribution in [0.15, 0.2) is 4.34 Å². The standard InChI is InChI=1S/C13H21N3OS2/c1-9(18-13-16-15-10(2)19-13)12(17)14-11-7-5-3-4-6-8-11/h9,11H,3-8H2,1-2H3,(H,14,17)/t9-/m0/s1. The fourth-order valence-corrected chi connectivity index (χ4v) is 4.24. The molecular formula is C13H21N3OS2. The molecule has 1 aliphatic rings. The van der Waals surface area contributed by atoms with Gasteiger partial charge in [0.2, 0.25) is 5.91 Å². The summed E-state index contributed by atoms with van der Waals surface area (Å²) in [6.45, 7) is 3.87. The van der Waals surface area contributed by atoms with E-state index in [1.54, 1.807) is 11.3 Å². The first kappa shape index (κ1) is 14.8. The molecule has 0 aliphatic heterocycles. The number of carbonyl (C=O) groups excluding carboxylic acids is 1. The summed E-state index contributed by atoms with van der Waals surface area (Å²) in [5, 5.41) is 12.0. The molecule has 1 N–H and O–H groups in total. The Kier molecular flexibility index (Phi) is 5.63.